The van der Waals surface area contributed by atoms with Gasteiger partial charge in [-0.2, -0.15) is 5.26 Å². The Balaban J connectivity index is 2.37. The van der Waals surface area contributed by atoms with Gasteiger partial charge >= 0.3 is 0 Å². The van der Waals surface area contributed by atoms with Crippen LogP contribution in [0.2, 0.25) is 0 Å². The number of hydrogen-bond donors (Lipinski definition) is 1. The highest BCUT2D eigenvalue weighted by Crippen LogP contribution is 2.24. The molecule has 1 aromatic rings. The Bertz CT molecular complexity index is 451. The van der Waals surface area contributed by atoms with Crippen LogP contribution in [0.25, 0.3) is 0 Å². The molecule has 82 valence electrons. The lowest BCUT2D eigenvalue weighted by atomic mass is 10.0. The average Bonchev–Trinajstić information content (AvgIpc) is 2.33. The second-order valence-electron chi connectivity index (χ2n) is 3.78. The molecule has 0 aliphatic carbocycles. The van der Waals surface area contributed by atoms with Crippen LogP contribution >= 0.6 is 0 Å². The molecule has 1 saturated heterocycles. The van der Waals surface area contributed by atoms with Crippen LogP contribution in [0.3, 0.4) is 0 Å². The molecule has 1 heterocycles. The van der Waals surface area contributed by atoms with Gasteiger partial charge in [-0.05, 0) is 25.0 Å². The first-order valence-corrected chi connectivity index (χ1v) is 5.22. The van der Waals surface area contributed by atoms with Crippen molar-refractivity contribution in [2.24, 2.45) is 0 Å². The molecule has 1 aromatic carbocycles. The van der Waals surface area contributed by atoms with Crippen LogP contribution in [-0.4, -0.2) is 23.7 Å². The quantitative estimate of drug-likeness (QED) is 0.763. The summed E-state index contributed by atoms with van der Waals surface area (Å²) in [5.41, 5.74) is 1.05. The third-order valence-corrected chi connectivity index (χ3v) is 2.73. The molecule has 16 heavy (non-hydrogen) atoms. The summed E-state index contributed by atoms with van der Waals surface area (Å²) in [6.45, 7) is 0.564. The molecule has 0 aromatic heterocycles. The van der Waals surface area contributed by atoms with E-state index in [9.17, 15) is 9.90 Å². The highest BCUT2D eigenvalue weighted by Gasteiger charge is 2.28. The van der Waals surface area contributed by atoms with E-state index in [2.05, 4.69) is 6.07 Å². The van der Waals surface area contributed by atoms with E-state index in [1.165, 1.54) is 4.90 Å². The van der Waals surface area contributed by atoms with Crippen LogP contribution in [-0.2, 0) is 4.79 Å². The topological polar surface area (TPSA) is 64.3 Å². The lowest BCUT2D eigenvalue weighted by Gasteiger charge is -2.30. The van der Waals surface area contributed by atoms with Crippen molar-refractivity contribution < 1.29 is 9.90 Å². The molecule has 0 saturated carbocycles. The molecule has 0 radical (unpaired) electrons. The molecular formula is C12H12N2O2. The molecule has 4 heteroatoms. The highest BCUT2D eigenvalue weighted by molar-refractivity contribution is 5.98. The molecule has 4 nitrogen and oxygen atoms in total. The van der Waals surface area contributed by atoms with Crippen molar-refractivity contribution in [2.45, 2.75) is 18.9 Å². The summed E-state index contributed by atoms with van der Waals surface area (Å²) in [6, 6.07) is 8.99. The van der Waals surface area contributed by atoms with E-state index in [1.54, 1.807) is 24.3 Å². The Labute approximate surface area is 93.7 Å². The molecule has 0 bridgehead atoms. The number of aliphatic hydroxyl groups excluding tert-OH is 1. The maximum atomic E-state index is 11.8. The first-order valence-electron chi connectivity index (χ1n) is 5.22. The van der Waals surface area contributed by atoms with Crippen molar-refractivity contribution in [1.29, 1.82) is 5.26 Å². The lowest BCUT2D eigenvalue weighted by molar-refractivity contribution is -0.128. The number of benzene rings is 1. The minimum atomic E-state index is -0.930. The number of amides is 1. The minimum absolute atomic E-state index is 0.311. The Morgan fingerprint density at radius 1 is 1.44 bits per heavy atom. The third kappa shape index (κ3) is 1.77. The molecule has 1 aliphatic rings. The van der Waals surface area contributed by atoms with Crippen molar-refractivity contribution in [3.8, 4) is 6.07 Å². The highest BCUT2D eigenvalue weighted by atomic mass is 16.3. The Hall–Kier alpha value is -1.86. The van der Waals surface area contributed by atoms with Gasteiger partial charge in [-0.3, -0.25) is 4.79 Å². The van der Waals surface area contributed by atoms with Gasteiger partial charge in [0.2, 0.25) is 0 Å². The van der Waals surface area contributed by atoms with Crippen LogP contribution < -0.4 is 4.90 Å². The fraction of sp³-hybridized carbons (Fsp3) is 0.333. The zero-order valence-corrected chi connectivity index (χ0v) is 8.76. The number of carbonyl (C=O) groups is 1. The van der Waals surface area contributed by atoms with Crippen molar-refractivity contribution in [3.63, 3.8) is 0 Å². The number of para-hydroxylation sites is 1. The van der Waals surface area contributed by atoms with E-state index in [-0.39, 0.29) is 5.91 Å². The molecule has 0 spiro atoms. The van der Waals surface area contributed by atoms with Gasteiger partial charge in [0, 0.05) is 6.54 Å². The van der Waals surface area contributed by atoms with Gasteiger partial charge in [0.15, 0.2) is 0 Å². The smallest absolute Gasteiger partial charge is 0.255 e. The summed E-state index contributed by atoms with van der Waals surface area (Å²) in [7, 11) is 0. The number of piperidine rings is 1. The van der Waals surface area contributed by atoms with Gasteiger partial charge in [-0.25, -0.2) is 0 Å². The molecule has 2 rings (SSSR count). The van der Waals surface area contributed by atoms with Crippen molar-refractivity contribution in [1.82, 2.24) is 0 Å². The summed E-state index contributed by atoms with van der Waals surface area (Å²) >= 11 is 0. The number of nitrogens with zero attached hydrogens (tertiary/aromatic N) is 2. The van der Waals surface area contributed by atoms with Crippen LogP contribution in [0.1, 0.15) is 18.4 Å². The second kappa shape index (κ2) is 4.33. The molecule has 1 N–H and O–H groups in total. The van der Waals surface area contributed by atoms with Crippen molar-refractivity contribution >= 4 is 11.6 Å². The maximum Gasteiger partial charge on any atom is 0.255 e. The summed E-state index contributed by atoms with van der Waals surface area (Å²) in [4.78, 5) is 13.3. The summed E-state index contributed by atoms with van der Waals surface area (Å²) in [5.74, 6) is -0.311. The number of aliphatic hydroxyl groups is 1. The zero-order chi connectivity index (χ0) is 11.5. The maximum absolute atomic E-state index is 11.8. The molecule has 1 aliphatic heterocycles. The first-order chi connectivity index (χ1) is 7.74. The van der Waals surface area contributed by atoms with Gasteiger partial charge in [0.1, 0.15) is 12.2 Å². The van der Waals surface area contributed by atoms with Crippen LogP contribution in [0.4, 0.5) is 5.69 Å². The number of rotatable bonds is 1. The summed E-state index contributed by atoms with van der Waals surface area (Å²) in [6.07, 6.45) is 0.331. The standard InChI is InChI=1S/C12H12N2O2/c13-8-9-4-1-2-5-10(9)14-7-3-6-11(15)12(14)16/h1-2,4-5,11,15H,3,6-7H2. The minimum Gasteiger partial charge on any atom is -0.383 e. The van der Waals surface area contributed by atoms with E-state index >= 15 is 0 Å². The van der Waals surface area contributed by atoms with E-state index in [0.717, 1.165) is 6.42 Å². The van der Waals surface area contributed by atoms with Gasteiger partial charge in [0.05, 0.1) is 11.3 Å². The number of nitriles is 1. The lowest BCUT2D eigenvalue weighted by Crippen LogP contribution is -2.44. The van der Waals surface area contributed by atoms with Crippen LogP contribution in [0.15, 0.2) is 24.3 Å². The average molecular weight is 216 g/mol. The van der Waals surface area contributed by atoms with Crippen molar-refractivity contribution in [3.05, 3.63) is 29.8 Å². The molecule has 1 amide bonds. The predicted octanol–water partition coefficient (Wildman–Crippen LogP) is 1.05. The molecular weight excluding hydrogens is 204 g/mol. The molecule has 1 atom stereocenters. The van der Waals surface area contributed by atoms with Gasteiger partial charge in [-0.15, -0.1) is 0 Å². The Morgan fingerprint density at radius 3 is 2.94 bits per heavy atom. The largest absolute Gasteiger partial charge is 0.383 e. The monoisotopic (exact) mass is 216 g/mol. The number of carbonyl (C=O) groups excluding carboxylic acids is 1. The predicted molar refractivity (Wildman–Crippen MR) is 58.8 cm³/mol. The number of hydrogen-bond acceptors (Lipinski definition) is 3. The summed E-state index contributed by atoms with van der Waals surface area (Å²) < 4.78 is 0. The molecule has 1 unspecified atom stereocenters. The van der Waals surface area contributed by atoms with E-state index in [1.807, 2.05) is 0 Å². The normalized spacial score (nSPS) is 20.6. The zero-order valence-electron chi connectivity index (χ0n) is 8.76. The Kier molecular flexibility index (Phi) is 2.88. The van der Waals surface area contributed by atoms with Gasteiger partial charge < -0.3 is 10.0 Å². The summed E-state index contributed by atoms with van der Waals surface area (Å²) in [5, 5.41) is 18.4. The second-order valence-corrected chi connectivity index (χ2v) is 3.78. The van der Waals surface area contributed by atoms with E-state index in [4.69, 9.17) is 5.26 Å². The van der Waals surface area contributed by atoms with Crippen LogP contribution in [0.5, 0.6) is 0 Å². The van der Waals surface area contributed by atoms with E-state index in [0.29, 0.717) is 24.2 Å². The van der Waals surface area contributed by atoms with Crippen molar-refractivity contribution in [2.75, 3.05) is 11.4 Å². The Morgan fingerprint density at radius 2 is 2.19 bits per heavy atom. The van der Waals surface area contributed by atoms with E-state index < -0.39 is 6.10 Å². The van der Waals surface area contributed by atoms with Gasteiger partial charge in [-0.1, -0.05) is 12.1 Å². The fourth-order valence-corrected chi connectivity index (χ4v) is 1.90. The van der Waals surface area contributed by atoms with Gasteiger partial charge in [0.25, 0.3) is 5.91 Å². The SMILES string of the molecule is N#Cc1ccccc1N1CCCC(O)C1=O. The fourth-order valence-electron chi connectivity index (χ4n) is 1.90. The third-order valence-electron chi connectivity index (χ3n) is 2.73. The number of anilines is 1. The first kappa shape index (κ1) is 10.7. The molecule has 1 fully saturated rings. The van der Waals surface area contributed by atoms with Crippen LogP contribution in [0, 0.1) is 11.3 Å².